The minimum Gasteiger partial charge on any atom is -0.192 e. The fraction of sp³-hybridized carbons (Fsp3) is 0. The molecule has 2 aromatic carbocycles. The highest BCUT2D eigenvalue weighted by Gasteiger charge is 2.05. The van der Waals surface area contributed by atoms with Crippen LogP contribution in [0.5, 0.6) is 0 Å². The first kappa shape index (κ1) is 12.3. The molecule has 0 bridgehead atoms. The van der Waals surface area contributed by atoms with Gasteiger partial charge in [0.15, 0.2) is 0 Å². The third-order valence-electron chi connectivity index (χ3n) is 2.09. The molecule has 0 aliphatic heterocycles. The van der Waals surface area contributed by atoms with Crippen molar-refractivity contribution < 1.29 is 0 Å². The molecule has 0 saturated heterocycles. The van der Waals surface area contributed by atoms with E-state index in [0.29, 0.717) is 15.6 Å². The lowest BCUT2D eigenvalue weighted by Gasteiger charge is -2.04. The van der Waals surface area contributed by atoms with E-state index in [2.05, 4.69) is 6.07 Å². The molecule has 2 aromatic rings. The molecular weight excluding hydrogens is 273 g/mol. The van der Waals surface area contributed by atoms with Gasteiger partial charge in [0.1, 0.15) is 6.07 Å². The lowest BCUT2D eigenvalue weighted by Crippen LogP contribution is -1.81. The third-order valence-corrected chi connectivity index (χ3v) is 3.61. The zero-order valence-corrected chi connectivity index (χ0v) is 11.0. The van der Waals surface area contributed by atoms with E-state index in [4.69, 9.17) is 28.5 Å². The maximum absolute atomic E-state index is 9.01. The Morgan fingerprint density at radius 3 is 2.47 bits per heavy atom. The zero-order chi connectivity index (χ0) is 12.3. The second kappa shape index (κ2) is 5.46. The minimum absolute atomic E-state index is 0.611. The number of hydrogen-bond donors (Lipinski definition) is 0. The lowest BCUT2D eigenvalue weighted by molar-refractivity contribution is 1.35. The van der Waals surface area contributed by atoms with Gasteiger partial charge >= 0.3 is 0 Å². The summed E-state index contributed by atoms with van der Waals surface area (Å²) in [7, 11) is 0. The van der Waals surface area contributed by atoms with E-state index in [1.165, 1.54) is 11.8 Å². The van der Waals surface area contributed by atoms with Gasteiger partial charge in [-0.15, -0.1) is 0 Å². The third kappa shape index (κ3) is 3.17. The van der Waals surface area contributed by atoms with Crippen LogP contribution in [-0.4, -0.2) is 0 Å². The van der Waals surface area contributed by atoms with Gasteiger partial charge in [-0.25, -0.2) is 0 Å². The number of hydrogen-bond acceptors (Lipinski definition) is 2. The summed E-state index contributed by atoms with van der Waals surface area (Å²) < 4.78 is 0. The molecule has 84 valence electrons. The van der Waals surface area contributed by atoms with Gasteiger partial charge in [-0.1, -0.05) is 41.0 Å². The van der Waals surface area contributed by atoms with Crippen molar-refractivity contribution >= 4 is 35.0 Å². The Morgan fingerprint density at radius 1 is 1.00 bits per heavy atom. The Morgan fingerprint density at radius 2 is 1.76 bits per heavy atom. The molecule has 0 spiro atoms. The number of nitriles is 1. The number of halogens is 2. The molecule has 1 nitrogen and oxygen atoms in total. The molecule has 0 fully saturated rings. The Bertz CT molecular complexity index is 590. The Hall–Kier alpha value is -1.14. The van der Waals surface area contributed by atoms with Crippen LogP contribution in [0.25, 0.3) is 0 Å². The average molecular weight is 280 g/mol. The van der Waals surface area contributed by atoms with Gasteiger partial charge in [-0.3, -0.25) is 0 Å². The van der Waals surface area contributed by atoms with Crippen molar-refractivity contribution in [3.05, 3.63) is 58.1 Å². The fourth-order valence-corrected chi connectivity index (χ4v) is 2.82. The van der Waals surface area contributed by atoms with Crippen LogP contribution in [0.1, 0.15) is 5.56 Å². The predicted octanol–water partition coefficient (Wildman–Crippen LogP) is 5.02. The van der Waals surface area contributed by atoms with Crippen LogP contribution in [0.3, 0.4) is 0 Å². The van der Waals surface area contributed by atoms with Gasteiger partial charge < -0.3 is 0 Å². The van der Waals surface area contributed by atoms with Gasteiger partial charge in [0.05, 0.1) is 5.56 Å². The summed E-state index contributed by atoms with van der Waals surface area (Å²) in [5.74, 6) is 0. The maximum atomic E-state index is 9.01. The normalized spacial score (nSPS) is 9.94. The quantitative estimate of drug-likeness (QED) is 0.771. The van der Waals surface area contributed by atoms with Crippen molar-refractivity contribution in [3.63, 3.8) is 0 Å². The van der Waals surface area contributed by atoms with Crippen LogP contribution >= 0.6 is 35.0 Å². The van der Waals surface area contributed by atoms with E-state index in [1.807, 2.05) is 24.3 Å². The van der Waals surface area contributed by atoms with E-state index in [9.17, 15) is 0 Å². The van der Waals surface area contributed by atoms with Gasteiger partial charge in [0.25, 0.3) is 0 Å². The SMILES string of the molecule is N#Cc1ccc(Cl)cc1Sc1cccc(Cl)c1. The van der Waals surface area contributed by atoms with E-state index in [0.717, 1.165) is 9.79 Å². The first-order valence-electron chi connectivity index (χ1n) is 4.82. The maximum Gasteiger partial charge on any atom is 0.100 e. The highest BCUT2D eigenvalue weighted by molar-refractivity contribution is 7.99. The molecule has 17 heavy (non-hydrogen) atoms. The largest absolute Gasteiger partial charge is 0.192 e. The van der Waals surface area contributed by atoms with Crippen LogP contribution in [0.15, 0.2) is 52.3 Å². The molecule has 0 atom stereocenters. The minimum atomic E-state index is 0.611. The monoisotopic (exact) mass is 279 g/mol. The summed E-state index contributed by atoms with van der Waals surface area (Å²) in [6.45, 7) is 0. The smallest absolute Gasteiger partial charge is 0.100 e. The summed E-state index contributed by atoms with van der Waals surface area (Å²) in [5, 5.41) is 10.3. The van der Waals surface area contributed by atoms with Crippen LogP contribution < -0.4 is 0 Å². The number of nitrogens with zero attached hydrogens (tertiary/aromatic N) is 1. The van der Waals surface area contributed by atoms with E-state index >= 15 is 0 Å². The average Bonchev–Trinajstić information content (AvgIpc) is 2.29. The van der Waals surface area contributed by atoms with Crippen LogP contribution in [-0.2, 0) is 0 Å². The molecule has 0 heterocycles. The second-order valence-electron chi connectivity index (χ2n) is 3.31. The molecule has 2 rings (SSSR count). The molecular formula is C13H7Cl2NS. The van der Waals surface area contributed by atoms with Crippen LogP contribution in [0.2, 0.25) is 10.0 Å². The van der Waals surface area contributed by atoms with Crippen molar-refractivity contribution in [2.24, 2.45) is 0 Å². The second-order valence-corrected chi connectivity index (χ2v) is 5.30. The van der Waals surface area contributed by atoms with Crippen LogP contribution in [0, 0.1) is 11.3 Å². The highest BCUT2D eigenvalue weighted by atomic mass is 35.5. The van der Waals surface area contributed by atoms with Crippen LogP contribution in [0.4, 0.5) is 0 Å². The summed E-state index contributed by atoms with van der Waals surface area (Å²) in [4.78, 5) is 1.82. The molecule has 0 amide bonds. The summed E-state index contributed by atoms with van der Waals surface area (Å²) in [6.07, 6.45) is 0. The summed E-state index contributed by atoms with van der Waals surface area (Å²) in [5.41, 5.74) is 0.611. The topological polar surface area (TPSA) is 23.8 Å². The van der Waals surface area contributed by atoms with Crippen molar-refractivity contribution in [1.29, 1.82) is 5.26 Å². The standard InChI is InChI=1S/C13H7Cl2NS/c14-10-2-1-3-12(6-10)17-13-7-11(15)5-4-9(13)8-16/h1-7H. The first-order valence-corrected chi connectivity index (χ1v) is 6.39. The molecule has 0 aliphatic rings. The predicted molar refractivity (Wildman–Crippen MR) is 71.7 cm³/mol. The molecule has 0 unspecified atom stereocenters. The van der Waals surface area contributed by atoms with Gasteiger partial charge in [-0.05, 0) is 36.4 Å². The molecule has 0 radical (unpaired) electrons. The van der Waals surface area contributed by atoms with E-state index in [-0.39, 0.29) is 0 Å². The van der Waals surface area contributed by atoms with E-state index in [1.54, 1.807) is 18.2 Å². The molecule has 0 aliphatic carbocycles. The zero-order valence-electron chi connectivity index (χ0n) is 8.65. The Kier molecular flexibility index (Phi) is 3.96. The summed E-state index contributed by atoms with van der Waals surface area (Å²) >= 11 is 13.3. The summed E-state index contributed by atoms with van der Waals surface area (Å²) in [6, 6.07) is 14.8. The van der Waals surface area contributed by atoms with Gasteiger partial charge in [0.2, 0.25) is 0 Å². The molecule has 0 N–H and O–H groups in total. The highest BCUT2D eigenvalue weighted by Crippen LogP contribution is 2.33. The number of benzene rings is 2. The van der Waals surface area contributed by atoms with Gasteiger partial charge in [0, 0.05) is 19.8 Å². The number of rotatable bonds is 2. The molecule has 4 heteroatoms. The van der Waals surface area contributed by atoms with E-state index < -0.39 is 0 Å². The van der Waals surface area contributed by atoms with Crippen molar-refractivity contribution in [2.75, 3.05) is 0 Å². The first-order chi connectivity index (χ1) is 8.19. The van der Waals surface area contributed by atoms with Crippen molar-refractivity contribution in [1.82, 2.24) is 0 Å². The lowest BCUT2D eigenvalue weighted by atomic mass is 10.2. The molecule has 0 aromatic heterocycles. The van der Waals surface area contributed by atoms with Crippen molar-refractivity contribution in [2.45, 2.75) is 9.79 Å². The Labute approximate surface area is 114 Å². The Balaban J connectivity index is 2.36. The van der Waals surface area contributed by atoms with Gasteiger partial charge in [-0.2, -0.15) is 5.26 Å². The van der Waals surface area contributed by atoms with Crippen molar-refractivity contribution in [3.8, 4) is 6.07 Å². The fourth-order valence-electron chi connectivity index (χ4n) is 1.33. The molecule has 0 saturated carbocycles.